The van der Waals surface area contributed by atoms with Crippen LogP contribution < -0.4 is 10.6 Å². The van der Waals surface area contributed by atoms with Gasteiger partial charge in [0, 0.05) is 12.5 Å². The second-order valence-corrected chi connectivity index (χ2v) is 5.33. The van der Waals surface area contributed by atoms with Gasteiger partial charge in [-0.25, -0.2) is 0 Å². The van der Waals surface area contributed by atoms with Gasteiger partial charge in [-0.2, -0.15) is 0 Å². The fraction of sp³-hybridized carbons (Fsp3) is 0.846. The Morgan fingerprint density at radius 1 is 1.50 bits per heavy atom. The van der Waals surface area contributed by atoms with E-state index in [1.807, 2.05) is 6.92 Å². The van der Waals surface area contributed by atoms with Gasteiger partial charge in [0.2, 0.25) is 5.91 Å². The van der Waals surface area contributed by atoms with E-state index in [0.29, 0.717) is 18.8 Å². The van der Waals surface area contributed by atoms with E-state index in [9.17, 15) is 9.59 Å². The monoisotopic (exact) mass is 256 g/mol. The molecule has 3 unspecified atom stereocenters. The molecule has 0 aliphatic carbocycles. The number of aliphatic carboxylic acids is 1. The van der Waals surface area contributed by atoms with E-state index in [2.05, 4.69) is 17.6 Å². The van der Waals surface area contributed by atoms with Crippen molar-refractivity contribution < 1.29 is 14.7 Å². The van der Waals surface area contributed by atoms with Crippen molar-refractivity contribution in [2.75, 3.05) is 6.54 Å². The first kappa shape index (κ1) is 15.0. The van der Waals surface area contributed by atoms with Gasteiger partial charge in [-0.15, -0.1) is 0 Å². The molecule has 0 saturated carbocycles. The lowest BCUT2D eigenvalue weighted by Gasteiger charge is -2.28. The van der Waals surface area contributed by atoms with Crippen LogP contribution in [0, 0.1) is 5.92 Å². The number of nitrogens with one attached hydrogen (secondary N) is 2. The molecule has 5 nitrogen and oxygen atoms in total. The van der Waals surface area contributed by atoms with Crippen LogP contribution >= 0.6 is 0 Å². The minimum absolute atomic E-state index is 0.0379. The first-order valence-electron chi connectivity index (χ1n) is 6.74. The summed E-state index contributed by atoms with van der Waals surface area (Å²) < 4.78 is 0. The van der Waals surface area contributed by atoms with Gasteiger partial charge in [0.05, 0.1) is 6.04 Å². The molecule has 1 amide bonds. The third-order valence-electron chi connectivity index (χ3n) is 3.40. The molecule has 0 aromatic heterocycles. The summed E-state index contributed by atoms with van der Waals surface area (Å²) in [5.74, 6) is -0.148. The second-order valence-electron chi connectivity index (χ2n) is 5.33. The standard InChI is InChI=1S/C13H24N2O3/c1-9-6-7-14-11(8-9)13(18)15-10(2)4-3-5-12(16)17/h9-11,14H,3-8H2,1-2H3,(H,15,18)(H,16,17). The maximum atomic E-state index is 12.0. The number of carboxylic acid groups (broad SMARTS) is 1. The topological polar surface area (TPSA) is 78.4 Å². The highest BCUT2D eigenvalue weighted by molar-refractivity contribution is 5.82. The highest BCUT2D eigenvalue weighted by Gasteiger charge is 2.25. The zero-order chi connectivity index (χ0) is 13.5. The summed E-state index contributed by atoms with van der Waals surface area (Å²) in [6.07, 6.45) is 3.48. The number of carbonyl (C=O) groups excluding carboxylic acids is 1. The van der Waals surface area contributed by atoms with E-state index >= 15 is 0 Å². The van der Waals surface area contributed by atoms with Crippen LogP contribution in [0.1, 0.15) is 46.0 Å². The SMILES string of the molecule is CC1CCNC(C(=O)NC(C)CCCC(=O)O)C1. The van der Waals surface area contributed by atoms with Crippen LogP contribution in [0.15, 0.2) is 0 Å². The van der Waals surface area contributed by atoms with Gasteiger partial charge in [-0.1, -0.05) is 6.92 Å². The molecule has 0 aromatic carbocycles. The third kappa shape index (κ3) is 5.49. The van der Waals surface area contributed by atoms with Gasteiger partial charge in [0.15, 0.2) is 0 Å². The maximum absolute atomic E-state index is 12.0. The Kier molecular flexibility index (Phi) is 6.12. The molecule has 1 fully saturated rings. The molecule has 104 valence electrons. The van der Waals surface area contributed by atoms with E-state index < -0.39 is 5.97 Å². The van der Waals surface area contributed by atoms with E-state index in [1.165, 1.54) is 0 Å². The average Bonchev–Trinajstić information content (AvgIpc) is 2.28. The summed E-state index contributed by atoms with van der Waals surface area (Å²) >= 11 is 0. The highest BCUT2D eigenvalue weighted by atomic mass is 16.4. The van der Waals surface area contributed by atoms with Crippen molar-refractivity contribution in [2.45, 2.75) is 58.0 Å². The number of hydrogen-bond donors (Lipinski definition) is 3. The fourth-order valence-corrected chi connectivity index (χ4v) is 2.28. The molecule has 1 heterocycles. The zero-order valence-corrected chi connectivity index (χ0v) is 11.2. The summed E-state index contributed by atoms with van der Waals surface area (Å²) in [5, 5.41) is 14.7. The number of hydrogen-bond acceptors (Lipinski definition) is 3. The maximum Gasteiger partial charge on any atom is 0.303 e. The van der Waals surface area contributed by atoms with Gasteiger partial charge in [-0.05, 0) is 45.1 Å². The van der Waals surface area contributed by atoms with Crippen molar-refractivity contribution in [2.24, 2.45) is 5.92 Å². The Bertz CT molecular complexity index is 294. The van der Waals surface area contributed by atoms with E-state index in [0.717, 1.165) is 19.4 Å². The highest BCUT2D eigenvalue weighted by Crippen LogP contribution is 2.15. The molecule has 18 heavy (non-hydrogen) atoms. The van der Waals surface area contributed by atoms with E-state index in [4.69, 9.17) is 5.11 Å². The molecule has 5 heteroatoms. The van der Waals surface area contributed by atoms with E-state index in [-0.39, 0.29) is 24.4 Å². The van der Waals surface area contributed by atoms with Crippen molar-refractivity contribution in [1.29, 1.82) is 0 Å². The van der Waals surface area contributed by atoms with Crippen molar-refractivity contribution in [3.8, 4) is 0 Å². The lowest BCUT2D eigenvalue weighted by molar-refractivity contribution is -0.137. The van der Waals surface area contributed by atoms with Gasteiger partial charge >= 0.3 is 5.97 Å². The van der Waals surface area contributed by atoms with Crippen LogP contribution in [-0.4, -0.2) is 35.6 Å². The Hall–Kier alpha value is -1.10. The predicted octanol–water partition coefficient (Wildman–Crippen LogP) is 1.13. The summed E-state index contributed by atoms with van der Waals surface area (Å²) in [5.41, 5.74) is 0. The molecular weight excluding hydrogens is 232 g/mol. The van der Waals surface area contributed by atoms with Crippen LogP contribution in [0.3, 0.4) is 0 Å². The summed E-state index contributed by atoms with van der Waals surface area (Å²) in [6.45, 7) is 4.98. The lowest BCUT2D eigenvalue weighted by Crippen LogP contribution is -2.50. The lowest BCUT2D eigenvalue weighted by atomic mass is 9.93. The number of carboxylic acids is 1. The van der Waals surface area contributed by atoms with Crippen LogP contribution in [0.4, 0.5) is 0 Å². The first-order valence-corrected chi connectivity index (χ1v) is 6.74. The second kappa shape index (κ2) is 7.36. The molecule has 0 aromatic rings. The van der Waals surface area contributed by atoms with E-state index in [1.54, 1.807) is 0 Å². The molecule has 0 spiro atoms. The largest absolute Gasteiger partial charge is 0.481 e. The van der Waals surface area contributed by atoms with Gasteiger partial charge < -0.3 is 15.7 Å². The Labute approximate surface area is 108 Å². The van der Waals surface area contributed by atoms with Gasteiger partial charge in [-0.3, -0.25) is 9.59 Å². The van der Waals surface area contributed by atoms with Crippen molar-refractivity contribution >= 4 is 11.9 Å². The van der Waals surface area contributed by atoms with Crippen LogP contribution in [0.5, 0.6) is 0 Å². The normalized spacial score (nSPS) is 25.4. The smallest absolute Gasteiger partial charge is 0.303 e. The van der Waals surface area contributed by atoms with Crippen molar-refractivity contribution in [3.63, 3.8) is 0 Å². The number of amides is 1. The molecule has 0 bridgehead atoms. The number of piperidine rings is 1. The minimum atomic E-state index is -0.781. The Morgan fingerprint density at radius 3 is 2.83 bits per heavy atom. The Balaban J connectivity index is 2.23. The average molecular weight is 256 g/mol. The third-order valence-corrected chi connectivity index (χ3v) is 3.40. The zero-order valence-electron chi connectivity index (χ0n) is 11.2. The summed E-state index contributed by atoms with van der Waals surface area (Å²) in [7, 11) is 0. The molecule has 3 atom stereocenters. The van der Waals surface area contributed by atoms with Crippen LogP contribution in [-0.2, 0) is 9.59 Å². The quantitative estimate of drug-likeness (QED) is 0.666. The van der Waals surface area contributed by atoms with Crippen LogP contribution in [0.25, 0.3) is 0 Å². The minimum Gasteiger partial charge on any atom is -0.481 e. The number of rotatable bonds is 6. The molecular formula is C13H24N2O3. The van der Waals surface area contributed by atoms with Gasteiger partial charge in [0.25, 0.3) is 0 Å². The molecule has 3 N–H and O–H groups in total. The van der Waals surface area contributed by atoms with Crippen molar-refractivity contribution in [3.05, 3.63) is 0 Å². The molecule has 1 saturated heterocycles. The molecule has 0 radical (unpaired) electrons. The fourth-order valence-electron chi connectivity index (χ4n) is 2.28. The summed E-state index contributed by atoms with van der Waals surface area (Å²) in [6, 6.07) is -0.0495. The molecule has 1 aliphatic heterocycles. The van der Waals surface area contributed by atoms with Crippen molar-refractivity contribution in [1.82, 2.24) is 10.6 Å². The Morgan fingerprint density at radius 2 is 2.22 bits per heavy atom. The molecule has 1 aliphatic rings. The van der Waals surface area contributed by atoms with Crippen LogP contribution in [0.2, 0.25) is 0 Å². The summed E-state index contributed by atoms with van der Waals surface area (Å²) in [4.78, 5) is 22.4. The van der Waals surface area contributed by atoms with Gasteiger partial charge in [0.1, 0.15) is 0 Å². The first-order chi connectivity index (χ1) is 8.49. The number of carbonyl (C=O) groups is 2. The molecule has 1 rings (SSSR count). The predicted molar refractivity (Wildman–Crippen MR) is 69.3 cm³/mol.